The van der Waals surface area contributed by atoms with Gasteiger partial charge in [-0.3, -0.25) is 14.4 Å². The van der Waals surface area contributed by atoms with Crippen LogP contribution in [0, 0.1) is 5.92 Å². The summed E-state index contributed by atoms with van der Waals surface area (Å²) in [7, 11) is 0. The number of anilines is 2. The van der Waals surface area contributed by atoms with Crippen molar-refractivity contribution in [1.82, 2.24) is 5.32 Å². The first-order valence-electron chi connectivity index (χ1n) is 8.52. The molecule has 3 rings (SSSR count). The van der Waals surface area contributed by atoms with E-state index in [0.717, 1.165) is 5.56 Å². The van der Waals surface area contributed by atoms with Crippen molar-refractivity contribution in [2.45, 2.75) is 19.9 Å². The Morgan fingerprint density at radius 3 is 2.62 bits per heavy atom. The van der Waals surface area contributed by atoms with E-state index in [1.165, 1.54) is 6.92 Å². The number of carbonyl (C=O) groups excluding carboxylic acids is 3. The van der Waals surface area contributed by atoms with Crippen molar-refractivity contribution < 1.29 is 14.4 Å². The fourth-order valence-corrected chi connectivity index (χ4v) is 3.02. The molecule has 1 fully saturated rings. The second-order valence-corrected chi connectivity index (χ2v) is 6.34. The molecule has 0 aliphatic carbocycles. The zero-order valence-corrected chi connectivity index (χ0v) is 14.6. The third kappa shape index (κ3) is 4.27. The maximum Gasteiger partial charge on any atom is 0.227 e. The Labute approximate surface area is 152 Å². The smallest absolute Gasteiger partial charge is 0.227 e. The van der Waals surface area contributed by atoms with Gasteiger partial charge in [-0.25, -0.2) is 0 Å². The number of carbonyl (C=O) groups is 3. The molecule has 1 saturated heterocycles. The fraction of sp³-hybridized carbons (Fsp3) is 0.250. The molecule has 0 bridgehead atoms. The molecule has 6 nitrogen and oxygen atoms in total. The van der Waals surface area contributed by atoms with Crippen LogP contribution < -0.4 is 15.5 Å². The molecule has 0 radical (unpaired) electrons. The number of benzene rings is 2. The molecule has 134 valence electrons. The average molecular weight is 351 g/mol. The van der Waals surface area contributed by atoms with Gasteiger partial charge in [-0.2, -0.15) is 0 Å². The van der Waals surface area contributed by atoms with Gasteiger partial charge in [0.25, 0.3) is 0 Å². The van der Waals surface area contributed by atoms with Crippen LogP contribution in [-0.4, -0.2) is 24.3 Å². The molecule has 2 aromatic carbocycles. The Morgan fingerprint density at radius 1 is 1.12 bits per heavy atom. The van der Waals surface area contributed by atoms with Crippen LogP contribution in [0.4, 0.5) is 11.4 Å². The Hall–Kier alpha value is -3.15. The Balaban J connectivity index is 1.63. The summed E-state index contributed by atoms with van der Waals surface area (Å²) in [6, 6.07) is 16.7. The normalized spacial score (nSPS) is 16.4. The van der Waals surface area contributed by atoms with Crippen molar-refractivity contribution >= 4 is 29.1 Å². The summed E-state index contributed by atoms with van der Waals surface area (Å²) in [4.78, 5) is 37.6. The van der Waals surface area contributed by atoms with Crippen LogP contribution in [0.15, 0.2) is 54.6 Å². The summed E-state index contributed by atoms with van der Waals surface area (Å²) in [5, 5.41) is 5.60. The summed E-state index contributed by atoms with van der Waals surface area (Å²) in [6.07, 6.45) is 0.186. The van der Waals surface area contributed by atoms with Gasteiger partial charge in [0, 0.05) is 37.8 Å². The third-order valence-electron chi connectivity index (χ3n) is 4.28. The topological polar surface area (TPSA) is 78.5 Å². The van der Waals surface area contributed by atoms with Gasteiger partial charge in [-0.1, -0.05) is 36.4 Å². The molecule has 6 heteroatoms. The number of hydrogen-bond donors (Lipinski definition) is 2. The van der Waals surface area contributed by atoms with E-state index >= 15 is 0 Å². The van der Waals surface area contributed by atoms with Crippen LogP contribution in [0.2, 0.25) is 0 Å². The first-order valence-corrected chi connectivity index (χ1v) is 8.52. The summed E-state index contributed by atoms with van der Waals surface area (Å²) >= 11 is 0. The van der Waals surface area contributed by atoms with Crippen LogP contribution in [0.5, 0.6) is 0 Å². The maximum atomic E-state index is 12.4. The highest BCUT2D eigenvalue weighted by molar-refractivity contribution is 6.01. The van der Waals surface area contributed by atoms with Crippen LogP contribution in [0.25, 0.3) is 0 Å². The lowest BCUT2D eigenvalue weighted by atomic mass is 10.1. The van der Waals surface area contributed by atoms with Crippen LogP contribution in [0.1, 0.15) is 18.9 Å². The zero-order valence-electron chi connectivity index (χ0n) is 14.6. The van der Waals surface area contributed by atoms with Gasteiger partial charge in [0.05, 0.1) is 5.92 Å². The third-order valence-corrected chi connectivity index (χ3v) is 4.28. The van der Waals surface area contributed by atoms with Crippen molar-refractivity contribution in [2.75, 3.05) is 16.8 Å². The highest BCUT2D eigenvalue weighted by Crippen LogP contribution is 2.27. The van der Waals surface area contributed by atoms with Gasteiger partial charge in [0.2, 0.25) is 17.7 Å². The lowest BCUT2D eigenvalue weighted by Gasteiger charge is -2.18. The van der Waals surface area contributed by atoms with Gasteiger partial charge >= 0.3 is 0 Å². The molecule has 0 spiro atoms. The first kappa shape index (κ1) is 17.7. The van der Waals surface area contributed by atoms with Crippen molar-refractivity contribution in [2.24, 2.45) is 5.92 Å². The Morgan fingerprint density at radius 2 is 1.88 bits per heavy atom. The summed E-state index contributed by atoms with van der Waals surface area (Å²) < 4.78 is 0. The monoisotopic (exact) mass is 351 g/mol. The summed E-state index contributed by atoms with van der Waals surface area (Å²) in [5.41, 5.74) is 2.32. The molecular formula is C20H21N3O3. The molecule has 1 unspecified atom stereocenters. The molecule has 3 amide bonds. The van der Waals surface area contributed by atoms with Crippen LogP contribution >= 0.6 is 0 Å². The molecule has 0 aromatic heterocycles. The van der Waals surface area contributed by atoms with Crippen molar-refractivity contribution in [3.8, 4) is 0 Å². The van der Waals surface area contributed by atoms with Crippen LogP contribution in [0.3, 0.4) is 0 Å². The maximum absolute atomic E-state index is 12.4. The average Bonchev–Trinajstić information content (AvgIpc) is 3.02. The molecule has 1 atom stereocenters. The predicted molar refractivity (Wildman–Crippen MR) is 99.5 cm³/mol. The van der Waals surface area contributed by atoms with E-state index in [0.29, 0.717) is 24.5 Å². The van der Waals surface area contributed by atoms with Crippen molar-refractivity contribution in [3.63, 3.8) is 0 Å². The molecule has 26 heavy (non-hydrogen) atoms. The van der Waals surface area contributed by atoms with Crippen LogP contribution in [-0.2, 0) is 20.9 Å². The highest BCUT2D eigenvalue weighted by atomic mass is 16.2. The van der Waals surface area contributed by atoms with E-state index in [-0.39, 0.29) is 30.1 Å². The molecule has 2 aromatic rings. The molecule has 1 aliphatic rings. The largest absolute Gasteiger partial charge is 0.352 e. The lowest BCUT2D eigenvalue weighted by molar-refractivity contribution is -0.126. The zero-order chi connectivity index (χ0) is 18.5. The minimum atomic E-state index is -0.379. The van der Waals surface area contributed by atoms with E-state index in [1.807, 2.05) is 30.3 Å². The first-order chi connectivity index (χ1) is 12.5. The number of nitrogens with zero attached hydrogens (tertiary/aromatic N) is 1. The lowest BCUT2D eigenvalue weighted by Crippen LogP contribution is -2.32. The van der Waals surface area contributed by atoms with E-state index in [4.69, 9.17) is 0 Å². The molecular weight excluding hydrogens is 330 g/mol. The standard InChI is InChI=1S/C20H21N3O3/c1-14(24)22-17-8-5-9-18(11-17)23-13-16(10-19(23)25)20(26)21-12-15-6-3-2-4-7-15/h2-9,11,16H,10,12-13H2,1H3,(H,21,26)(H,22,24). The Bertz CT molecular complexity index is 820. The summed E-state index contributed by atoms with van der Waals surface area (Å²) in [6.45, 7) is 2.21. The molecule has 2 N–H and O–H groups in total. The minimum absolute atomic E-state index is 0.0927. The molecule has 1 heterocycles. The van der Waals surface area contributed by atoms with Gasteiger partial charge in [0.1, 0.15) is 0 Å². The minimum Gasteiger partial charge on any atom is -0.352 e. The van der Waals surface area contributed by atoms with E-state index in [9.17, 15) is 14.4 Å². The number of amides is 3. The van der Waals surface area contributed by atoms with Gasteiger partial charge in [-0.05, 0) is 23.8 Å². The number of nitrogens with one attached hydrogen (secondary N) is 2. The van der Waals surface area contributed by atoms with Gasteiger partial charge in [0.15, 0.2) is 0 Å². The second-order valence-electron chi connectivity index (χ2n) is 6.34. The van der Waals surface area contributed by atoms with Crippen molar-refractivity contribution in [3.05, 3.63) is 60.2 Å². The number of rotatable bonds is 5. The fourth-order valence-electron chi connectivity index (χ4n) is 3.02. The van der Waals surface area contributed by atoms with E-state index < -0.39 is 0 Å². The molecule has 1 aliphatic heterocycles. The SMILES string of the molecule is CC(=O)Nc1cccc(N2CC(C(=O)NCc3ccccc3)CC2=O)c1. The van der Waals surface area contributed by atoms with E-state index in [1.54, 1.807) is 29.2 Å². The Kier molecular flexibility index (Phi) is 5.31. The van der Waals surface area contributed by atoms with E-state index in [2.05, 4.69) is 10.6 Å². The second kappa shape index (κ2) is 7.82. The molecule has 0 saturated carbocycles. The summed E-state index contributed by atoms with van der Waals surface area (Å²) in [5.74, 6) is -0.767. The van der Waals surface area contributed by atoms with Gasteiger partial charge in [-0.15, -0.1) is 0 Å². The predicted octanol–water partition coefficient (Wildman–Crippen LogP) is 2.31. The number of hydrogen-bond acceptors (Lipinski definition) is 3. The quantitative estimate of drug-likeness (QED) is 0.868. The van der Waals surface area contributed by atoms with Gasteiger partial charge < -0.3 is 15.5 Å². The van der Waals surface area contributed by atoms with Crippen molar-refractivity contribution in [1.29, 1.82) is 0 Å². The highest BCUT2D eigenvalue weighted by Gasteiger charge is 2.35.